The summed E-state index contributed by atoms with van der Waals surface area (Å²) < 4.78 is 0. The smallest absolute Gasteiger partial charge is 0.234 e. The highest BCUT2D eigenvalue weighted by atomic mass is 16.2. The first-order valence-electron chi connectivity index (χ1n) is 5.66. The average molecular weight is 244 g/mol. The van der Waals surface area contributed by atoms with Gasteiger partial charge >= 0.3 is 0 Å². The number of rotatable bonds is 3. The molecule has 0 aliphatic heterocycles. The van der Waals surface area contributed by atoms with Gasteiger partial charge in [0.2, 0.25) is 5.91 Å². The van der Waals surface area contributed by atoms with Crippen LogP contribution in [-0.4, -0.2) is 16.1 Å². The fourth-order valence-electron chi connectivity index (χ4n) is 1.64. The van der Waals surface area contributed by atoms with Gasteiger partial charge in [-0.25, -0.2) is 0 Å². The van der Waals surface area contributed by atoms with E-state index in [1.165, 1.54) is 0 Å². The number of amides is 1. The number of aromatic nitrogens is 2. The number of aromatic amines is 1. The molecule has 0 atom stereocenters. The molecule has 0 fully saturated rings. The fourth-order valence-corrected chi connectivity index (χ4v) is 1.64. The minimum atomic E-state index is -0.634. The third-order valence-corrected chi connectivity index (χ3v) is 2.96. The van der Waals surface area contributed by atoms with Crippen LogP contribution in [0.4, 0.5) is 11.4 Å². The normalized spacial score (nSPS) is 11.2. The second-order valence-electron chi connectivity index (χ2n) is 4.69. The van der Waals surface area contributed by atoms with Gasteiger partial charge < -0.3 is 11.1 Å². The van der Waals surface area contributed by atoms with Crippen molar-refractivity contribution in [2.45, 2.75) is 19.3 Å². The molecular formula is C13H16N4O. The summed E-state index contributed by atoms with van der Waals surface area (Å²) >= 11 is 0. The SMILES string of the molecule is CC(C)(C(=O)Nc1cn[nH]c1)c1ccc(N)cc1. The molecule has 5 nitrogen and oxygen atoms in total. The summed E-state index contributed by atoms with van der Waals surface area (Å²) in [5.41, 5.74) is 7.26. The van der Waals surface area contributed by atoms with Crippen LogP contribution >= 0.6 is 0 Å². The quantitative estimate of drug-likeness (QED) is 0.721. The Labute approximate surface area is 105 Å². The second-order valence-corrected chi connectivity index (χ2v) is 4.69. The van der Waals surface area contributed by atoms with E-state index in [2.05, 4.69) is 15.5 Å². The van der Waals surface area contributed by atoms with Gasteiger partial charge in [-0.2, -0.15) is 5.10 Å². The lowest BCUT2D eigenvalue weighted by molar-refractivity contribution is -0.120. The monoisotopic (exact) mass is 244 g/mol. The first-order chi connectivity index (χ1) is 8.50. The maximum Gasteiger partial charge on any atom is 0.234 e. The Balaban J connectivity index is 2.19. The van der Waals surface area contributed by atoms with E-state index in [-0.39, 0.29) is 5.91 Å². The molecule has 2 rings (SSSR count). The lowest BCUT2D eigenvalue weighted by Gasteiger charge is -2.23. The molecule has 18 heavy (non-hydrogen) atoms. The summed E-state index contributed by atoms with van der Waals surface area (Å²) in [6, 6.07) is 7.32. The molecule has 2 aromatic rings. The first kappa shape index (κ1) is 12.2. The van der Waals surface area contributed by atoms with Crippen molar-refractivity contribution in [3.8, 4) is 0 Å². The number of carbonyl (C=O) groups is 1. The molecule has 0 saturated carbocycles. The Kier molecular flexibility index (Phi) is 3.06. The number of H-pyrrole nitrogens is 1. The van der Waals surface area contributed by atoms with Crippen LogP contribution in [0.5, 0.6) is 0 Å². The molecule has 0 bridgehead atoms. The second kappa shape index (κ2) is 4.52. The Hall–Kier alpha value is -2.30. The van der Waals surface area contributed by atoms with Crippen molar-refractivity contribution >= 4 is 17.3 Å². The molecule has 0 aliphatic carbocycles. The molecule has 0 aliphatic rings. The van der Waals surface area contributed by atoms with Crippen LogP contribution < -0.4 is 11.1 Å². The Morgan fingerprint density at radius 1 is 1.33 bits per heavy atom. The lowest BCUT2D eigenvalue weighted by Crippen LogP contribution is -2.34. The van der Waals surface area contributed by atoms with Gasteiger partial charge in [0.25, 0.3) is 0 Å². The van der Waals surface area contributed by atoms with E-state index in [1.807, 2.05) is 26.0 Å². The first-order valence-corrected chi connectivity index (χ1v) is 5.66. The molecule has 1 amide bonds. The molecule has 0 saturated heterocycles. The van der Waals surface area contributed by atoms with E-state index in [0.29, 0.717) is 11.4 Å². The number of nitrogens with zero attached hydrogens (tertiary/aromatic N) is 1. The van der Waals surface area contributed by atoms with Gasteiger partial charge in [-0.1, -0.05) is 12.1 Å². The molecule has 0 unspecified atom stereocenters. The topological polar surface area (TPSA) is 83.8 Å². The maximum atomic E-state index is 12.2. The molecule has 94 valence electrons. The van der Waals surface area contributed by atoms with Crippen molar-refractivity contribution < 1.29 is 4.79 Å². The molecule has 4 N–H and O–H groups in total. The highest BCUT2D eigenvalue weighted by Crippen LogP contribution is 2.25. The van der Waals surface area contributed by atoms with E-state index in [0.717, 1.165) is 5.56 Å². The largest absolute Gasteiger partial charge is 0.399 e. The number of hydrogen-bond donors (Lipinski definition) is 3. The van der Waals surface area contributed by atoms with Crippen molar-refractivity contribution in [1.29, 1.82) is 0 Å². The third kappa shape index (κ3) is 2.34. The highest BCUT2D eigenvalue weighted by molar-refractivity contribution is 5.98. The number of nitrogen functional groups attached to an aromatic ring is 1. The Morgan fingerprint density at radius 3 is 2.56 bits per heavy atom. The van der Waals surface area contributed by atoms with Gasteiger partial charge in [-0.05, 0) is 31.5 Å². The van der Waals surface area contributed by atoms with Gasteiger partial charge in [-0.15, -0.1) is 0 Å². The summed E-state index contributed by atoms with van der Waals surface area (Å²) in [6.07, 6.45) is 3.20. The van der Waals surface area contributed by atoms with E-state index < -0.39 is 5.41 Å². The van der Waals surface area contributed by atoms with Gasteiger partial charge in [0.05, 0.1) is 17.3 Å². The number of benzene rings is 1. The van der Waals surface area contributed by atoms with Crippen LogP contribution in [-0.2, 0) is 10.2 Å². The van der Waals surface area contributed by atoms with Crippen LogP contribution in [0.2, 0.25) is 0 Å². The molecular weight excluding hydrogens is 228 g/mol. The van der Waals surface area contributed by atoms with Crippen LogP contribution in [0.25, 0.3) is 0 Å². The minimum absolute atomic E-state index is 0.0892. The predicted octanol–water partition coefficient (Wildman–Crippen LogP) is 1.91. The van der Waals surface area contributed by atoms with Crippen molar-refractivity contribution in [2.24, 2.45) is 0 Å². The highest BCUT2D eigenvalue weighted by Gasteiger charge is 2.29. The van der Waals surface area contributed by atoms with E-state index >= 15 is 0 Å². The zero-order chi connectivity index (χ0) is 13.2. The fraction of sp³-hybridized carbons (Fsp3) is 0.231. The average Bonchev–Trinajstić information content (AvgIpc) is 2.82. The number of hydrogen-bond acceptors (Lipinski definition) is 3. The van der Waals surface area contributed by atoms with Crippen LogP contribution in [0, 0.1) is 0 Å². The van der Waals surface area contributed by atoms with E-state index in [1.54, 1.807) is 24.5 Å². The molecule has 1 aromatic carbocycles. The Bertz CT molecular complexity index is 529. The van der Waals surface area contributed by atoms with Gasteiger partial charge in [0, 0.05) is 11.9 Å². The standard InChI is InChI=1S/C13H16N4O/c1-13(2,9-3-5-10(14)6-4-9)12(18)17-11-7-15-16-8-11/h3-8H,14H2,1-2H3,(H,15,16)(H,17,18). The minimum Gasteiger partial charge on any atom is -0.399 e. The number of anilines is 2. The summed E-state index contributed by atoms with van der Waals surface area (Å²) in [6.45, 7) is 3.74. The van der Waals surface area contributed by atoms with E-state index in [9.17, 15) is 4.79 Å². The summed E-state index contributed by atoms with van der Waals surface area (Å²) in [5, 5.41) is 9.25. The molecule has 5 heteroatoms. The number of nitrogens with one attached hydrogen (secondary N) is 2. The zero-order valence-electron chi connectivity index (χ0n) is 10.4. The summed E-state index contributed by atoms with van der Waals surface area (Å²) in [5.74, 6) is -0.0892. The van der Waals surface area contributed by atoms with Gasteiger partial charge in [-0.3, -0.25) is 9.89 Å². The number of carbonyl (C=O) groups excluding carboxylic acids is 1. The van der Waals surface area contributed by atoms with Crippen molar-refractivity contribution in [3.63, 3.8) is 0 Å². The van der Waals surface area contributed by atoms with Crippen LogP contribution in [0.15, 0.2) is 36.7 Å². The van der Waals surface area contributed by atoms with Crippen molar-refractivity contribution in [3.05, 3.63) is 42.2 Å². The van der Waals surface area contributed by atoms with Gasteiger partial charge in [0.15, 0.2) is 0 Å². The van der Waals surface area contributed by atoms with Crippen molar-refractivity contribution in [2.75, 3.05) is 11.1 Å². The predicted molar refractivity (Wildman–Crippen MR) is 71.1 cm³/mol. The molecule has 0 spiro atoms. The third-order valence-electron chi connectivity index (χ3n) is 2.96. The van der Waals surface area contributed by atoms with E-state index in [4.69, 9.17) is 5.73 Å². The molecule has 1 aromatic heterocycles. The summed E-state index contributed by atoms with van der Waals surface area (Å²) in [4.78, 5) is 12.2. The molecule has 0 radical (unpaired) electrons. The van der Waals surface area contributed by atoms with Gasteiger partial charge in [0.1, 0.15) is 0 Å². The maximum absolute atomic E-state index is 12.2. The number of nitrogens with two attached hydrogens (primary N) is 1. The van der Waals surface area contributed by atoms with Crippen LogP contribution in [0.3, 0.4) is 0 Å². The van der Waals surface area contributed by atoms with Crippen LogP contribution in [0.1, 0.15) is 19.4 Å². The summed E-state index contributed by atoms with van der Waals surface area (Å²) in [7, 11) is 0. The lowest BCUT2D eigenvalue weighted by atomic mass is 9.83. The molecule has 1 heterocycles. The Morgan fingerprint density at radius 2 is 2.00 bits per heavy atom. The zero-order valence-corrected chi connectivity index (χ0v) is 10.4. The van der Waals surface area contributed by atoms with Crippen molar-refractivity contribution in [1.82, 2.24) is 10.2 Å².